The first-order valence-electron chi connectivity index (χ1n) is 3.24. The van der Waals surface area contributed by atoms with Crippen LogP contribution in [0.4, 0.5) is 5.82 Å². The molecule has 0 fully saturated rings. The fraction of sp³-hybridized carbons (Fsp3) is 0.125. The van der Waals surface area contributed by atoms with Crippen LogP contribution in [0, 0.1) is 6.08 Å². The number of hydrogen-bond donors (Lipinski definition) is 1. The fourth-order valence-electron chi connectivity index (χ4n) is 0.971. The molecule has 0 saturated carbocycles. The molecule has 2 rings (SSSR count). The summed E-state index contributed by atoms with van der Waals surface area (Å²) in [6.07, 6.45) is 6.85. The van der Waals surface area contributed by atoms with Gasteiger partial charge in [0.2, 0.25) is 0 Å². The number of pyridine rings is 1. The van der Waals surface area contributed by atoms with E-state index in [-0.39, 0.29) is 0 Å². The number of fused-ring (bicyclic) bond motifs is 1. The van der Waals surface area contributed by atoms with Gasteiger partial charge in [0.15, 0.2) is 0 Å². The zero-order valence-electron chi connectivity index (χ0n) is 5.46. The summed E-state index contributed by atoms with van der Waals surface area (Å²) in [5.41, 5.74) is 1.05. The van der Waals surface area contributed by atoms with Crippen LogP contribution < -0.4 is 5.32 Å². The molecule has 49 valence electrons. The molecule has 1 aliphatic rings. The van der Waals surface area contributed by atoms with Crippen molar-refractivity contribution in [2.75, 3.05) is 11.9 Å². The number of hydrogen-bond acceptors (Lipinski definition) is 2. The van der Waals surface area contributed by atoms with E-state index in [2.05, 4.69) is 16.4 Å². The Morgan fingerprint density at radius 3 is 3.50 bits per heavy atom. The summed E-state index contributed by atoms with van der Waals surface area (Å²) in [6.45, 7) is 0.837. The monoisotopic (exact) mass is 131 g/mol. The maximum Gasteiger partial charge on any atom is 0.134 e. The second-order valence-electron chi connectivity index (χ2n) is 2.13. The van der Waals surface area contributed by atoms with E-state index in [1.54, 1.807) is 6.20 Å². The van der Waals surface area contributed by atoms with Crippen molar-refractivity contribution in [1.29, 1.82) is 0 Å². The van der Waals surface area contributed by atoms with Gasteiger partial charge in [0.25, 0.3) is 0 Å². The zero-order valence-corrected chi connectivity index (χ0v) is 5.46. The van der Waals surface area contributed by atoms with Gasteiger partial charge in [-0.25, -0.2) is 4.98 Å². The van der Waals surface area contributed by atoms with E-state index in [1.807, 2.05) is 18.2 Å². The standard InChI is InChI=1S/C8H7N2/c1-3-7-4-2-6-10-8(7)9-5-1/h1-3,5H,6H2,(H,9,10). The molecule has 0 unspecified atom stereocenters. The summed E-state index contributed by atoms with van der Waals surface area (Å²) in [6, 6.07) is 3.90. The molecule has 0 atom stereocenters. The van der Waals surface area contributed by atoms with Crippen LogP contribution in [0.25, 0.3) is 0 Å². The van der Waals surface area contributed by atoms with Gasteiger partial charge in [0.05, 0.1) is 0 Å². The van der Waals surface area contributed by atoms with Crippen molar-refractivity contribution in [2.45, 2.75) is 0 Å². The lowest BCUT2D eigenvalue weighted by molar-refractivity contribution is 1.17. The van der Waals surface area contributed by atoms with Gasteiger partial charge < -0.3 is 5.32 Å². The summed E-state index contributed by atoms with van der Waals surface area (Å²) in [7, 11) is 0. The van der Waals surface area contributed by atoms with Crippen molar-refractivity contribution in [3.63, 3.8) is 0 Å². The zero-order chi connectivity index (χ0) is 6.81. The second-order valence-corrected chi connectivity index (χ2v) is 2.13. The van der Waals surface area contributed by atoms with E-state index in [0.717, 1.165) is 17.9 Å². The molecule has 0 spiro atoms. The Bertz CT molecular complexity index is 266. The first kappa shape index (κ1) is 5.47. The predicted molar refractivity (Wildman–Crippen MR) is 39.6 cm³/mol. The van der Waals surface area contributed by atoms with E-state index < -0.39 is 0 Å². The van der Waals surface area contributed by atoms with Gasteiger partial charge in [-0.3, -0.25) is 0 Å². The molecule has 1 aromatic heterocycles. The largest absolute Gasteiger partial charge is 0.366 e. The second kappa shape index (κ2) is 2.14. The van der Waals surface area contributed by atoms with Gasteiger partial charge in [0.1, 0.15) is 5.82 Å². The molecular formula is C8H7N2. The van der Waals surface area contributed by atoms with Gasteiger partial charge in [-0.1, -0.05) is 6.08 Å². The molecule has 2 nitrogen and oxygen atoms in total. The fourth-order valence-corrected chi connectivity index (χ4v) is 0.971. The normalized spacial score (nSPS) is 14.0. The average molecular weight is 131 g/mol. The SMILES string of the molecule is [C]1=CCNc2ncccc21. The summed E-state index contributed by atoms with van der Waals surface area (Å²) in [5.74, 6) is 0.935. The third-order valence-electron chi connectivity index (χ3n) is 1.44. The van der Waals surface area contributed by atoms with E-state index in [9.17, 15) is 0 Å². The minimum atomic E-state index is 0.837. The van der Waals surface area contributed by atoms with E-state index >= 15 is 0 Å². The average Bonchev–Trinajstić information content (AvgIpc) is 2.05. The lowest BCUT2D eigenvalue weighted by atomic mass is 10.2. The number of anilines is 1. The Morgan fingerprint density at radius 1 is 1.60 bits per heavy atom. The van der Waals surface area contributed by atoms with Gasteiger partial charge in [-0.05, 0) is 18.2 Å². The molecule has 0 amide bonds. The highest BCUT2D eigenvalue weighted by Crippen LogP contribution is 2.13. The van der Waals surface area contributed by atoms with Gasteiger partial charge >= 0.3 is 0 Å². The number of nitrogens with zero attached hydrogens (tertiary/aromatic N) is 1. The molecule has 2 heterocycles. The number of nitrogens with one attached hydrogen (secondary N) is 1. The van der Waals surface area contributed by atoms with Crippen LogP contribution in [0.2, 0.25) is 0 Å². The Morgan fingerprint density at radius 2 is 2.60 bits per heavy atom. The minimum Gasteiger partial charge on any atom is -0.366 e. The smallest absolute Gasteiger partial charge is 0.134 e. The molecule has 1 radical (unpaired) electrons. The summed E-state index contributed by atoms with van der Waals surface area (Å²) < 4.78 is 0. The maximum absolute atomic E-state index is 4.13. The molecule has 0 aliphatic carbocycles. The summed E-state index contributed by atoms with van der Waals surface area (Å²) in [4.78, 5) is 4.13. The van der Waals surface area contributed by atoms with Crippen LogP contribution in [-0.4, -0.2) is 11.5 Å². The third kappa shape index (κ3) is 0.778. The van der Waals surface area contributed by atoms with Crippen molar-refractivity contribution >= 4 is 5.82 Å². The maximum atomic E-state index is 4.13. The number of rotatable bonds is 0. The molecule has 10 heavy (non-hydrogen) atoms. The highest BCUT2D eigenvalue weighted by molar-refractivity contribution is 5.50. The third-order valence-corrected chi connectivity index (χ3v) is 1.44. The van der Waals surface area contributed by atoms with Crippen molar-refractivity contribution in [3.8, 4) is 0 Å². The van der Waals surface area contributed by atoms with Crippen LogP contribution in [-0.2, 0) is 0 Å². The van der Waals surface area contributed by atoms with Crippen molar-refractivity contribution in [3.05, 3.63) is 36.0 Å². The van der Waals surface area contributed by atoms with Crippen LogP contribution in [0.3, 0.4) is 0 Å². The van der Waals surface area contributed by atoms with Crippen molar-refractivity contribution in [2.24, 2.45) is 0 Å². The first-order valence-corrected chi connectivity index (χ1v) is 3.24. The van der Waals surface area contributed by atoms with Crippen LogP contribution in [0.5, 0.6) is 0 Å². The number of aromatic nitrogens is 1. The minimum absolute atomic E-state index is 0.837. The quantitative estimate of drug-likeness (QED) is 0.572. The molecule has 0 aromatic carbocycles. The van der Waals surface area contributed by atoms with Crippen molar-refractivity contribution in [1.82, 2.24) is 4.98 Å². The molecular weight excluding hydrogens is 124 g/mol. The van der Waals surface area contributed by atoms with E-state index in [1.165, 1.54) is 0 Å². The molecule has 2 heteroatoms. The molecule has 1 aliphatic heterocycles. The molecule has 0 saturated heterocycles. The molecule has 0 bridgehead atoms. The molecule has 1 N–H and O–H groups in total. The van der Waals surface area contributed by atoms with Gasteiger partial charge in [0, 0.05) is 18.3 Å². The van der Waals surface area contributed by atoms with Crippen LogP contribution >= 0.6 is 0 Å². The first-order chi connectivity index (χ1) is 4.97. The summed E-state index contributed by atoms with van der Waals surface area (Å²) in [5, 5.41) is 3.13. The lowest BCUT2D eigenvalue weighted by Gasteiger charge is -2.09. The van der Waals surface area contributed by atoms with Crippen molar-refractivity contribution < 1.29 is 0 Å². The van der Waals surface area contributed by atoms with Crippen LogP contribution in [0.1, 0.15) is 5.56 Å². The summed E-state index contributed by atoms with van der Waals surface area (Å²) >= 11 is 0. The van der Waals surface area contributed by atoms with Gasteiger partial charge in [-0.2, -0.15) is 0 Å². The molecule has 1 aromatic rings. The topological polar surface area (TPSA) is 24.9 Å². The van der Waals surface area contributed by atoms with E-state index in [0.29, 0.717) is 0 Å². The van der Waals surface area contributed by atoms with E-state index in [4.69, 9.17) is 0 Å². The Labute approximate surface area is 59.6 Å². The predicted octanol–water partition coefficient (Wildman–Crippen LogP) is 1.21. The Balaban J connectivity index is 2.54. The lowest BCUT2D eigenvalue weighted by Crippen LogP contribution is -2.06. The van der Waals surface area contributed by atoms with Gasteiger partial charge in [-0.15, -0.1) is 0 Å². The Kier molecular flexibility index (Phi) is 1.17. The Hall–Kier alpha value is -1.31. The van der Waals surface area contributed by atoms with Crippen LogP contribution in [0.15, 0.2) is 24.4 Å². The highest BCUT2D eigenvalue weighted by Gasteiger charge is 2.01. The highest BCUT2D eigenvalue weighted by atomic mass is 15.0.